The molecule has 1 aromatic heterocycles. The summed E-state index contributed by atoms with van der Waals surface area (Å²) in [7, 11) is 0. The third kappa shape index (κ3) is 8.08. The molecule has 6 nitrogen and oxygen atoms in total. The molecule has 8 heteroatoms. The van der Waals surface area contributed by atoms with Crippen molar-refractivity contribution in [3.63, 3.8) is 0 Å². The van der Waals surface area contributed by atoms with Crippen LogP contribution in [0.5, 0.6) is 0 Å². The number of halogens is 1. The molecule has 2 atom stereocenters. The maximum absolute atomic E-state index is 11.5. The molecule has 1 aliphatic rings. The standard InChI is InChI=1S/C23H33N5OS.HI/c1-3-25-23(27-17(2)21-10-6-12-30-21)26-14-18-7-4-8-19(13-18)15-28-11-5-9-20(16-28)22(24)29;/h4,6-8,10,12-13,17,20H,3,5,9,11,14-16H2,1-2H3,(H2,24,29)(H2,25,26,27);1H. The zero-order chi connectivity index (χ0) is 21.3. The predicted octanol–water partition coefficient (Wildman–Crippen LogP) is 3.88. The lowest BCUT2D eigenvalue weighted by Gasteiger charge is -2.31. The Balaban J connectivity index is 0.00000341. The summed E-state index contributed by atoms with van der Waals surface area (Å²) in [5, 5.41) is 8.91. The van der Waals surface area contributed by atoms with Gasteiger partial charge < -0.3 is 16.4 Å². The lowest BCUT2D eigenvalue weighted by molar-refractivity contribution is -0.123. The van der Waals surface area contributed by atoms with Gasteiger partial charge in [-0.3, -0.25) is 9.69 Å². The van der Waals surface area contributed by atoms with E-state index in [1.54, 1.807) is 11.3 Å². The van der Waals surface area contributed by atoms with Crippen LogP contribution in [0.1, 0.15) is 48.7 Å². The average molecular weight is 556 g/mol. The number of aliphatic imine (C=N–C) groups is 1. The van der Waals surface area contributed by atoms with Crippen LogP contribution in [-0.4, -0.2) is 36.4 Å². The number of primary amides is 1. The van der Waals surface area contributed by atoms with Crippen molar-refractivity contribution in [1.29, 1.82) is 0 Å². The van der Waals surface area contributed by atoms with Crippen molar-refractivity contribution in [2.45, 2.75) is 45.8 Å². The number of guanidine groups is 1. The van der Waals surface area contributed by atoms with E-state index in [9.17, 15) is 4.79 Å². The molecule has 2 unspecified atom stereocenters. The largest absolute Gasteiger partial charge is 0.369 e. The van der Waals surface area contributed by atoms with Crippen LogP contribution >= 0.6 is 35.3 Å². The molecule has 1 fully saturated rings. The third-order valence-corrected chi connectivity index (χ3v) is 6.45. The SMILES string of the molecule is CCNC(=NCc1cccc(CN2CCCC(C(N)=O)C2)c1)NC(C)c1cccs1.I. The Morgan fingerprint density at radius 2 is 2.13 bits per heavy atom. The van der Waals surface area contributed by atoms with Gasteiger partial charge in [0.25, 0.3) is 0 Å². The van der Waals surface area contributed by atoms with Gasteiger partial charge in [0.05, 0.1) is 18.5 Å². The first kappa shape index (κ1) is 25.6. The molecule has 0 aliphatic carbocycles. The molecule has 31 heavy (non-hydrogen) atoms. The summed E-state index contributed by atoms with van der Waals surface area (Å²) >= 11 is 1.75. The Labute approximate surface area is 206 Å². The maximum Gasteiger partial charge on any atom is 0.221 e. The molecule has 170 valence electrons. The van der Waals surface area contributed by atoms with Gasteiger partial charge in [0.1, 0.15) is 0 Å². The Bertz CT molecular complexity index is 842. The van der Waals surface area contributed by atoms with Gasteiger partial charge in [0.15, 0.2) is 5.96 Å². The quantitative estimate of drug-likeness (QED) is 0.263. The van der Waals surface area contributed by atoms with Crippen LogP contribution in [0.15, 0.2) is 46.8 Å². The van der Waals surface area contributed by atoms with E-state index in [-0.39, 0.29) is 41.8 Å². The van der Waals surface area contributed by atoms with Gasteiger partial charge >= 0.3 is 0 Å². The van der Waals surface area contributed by atoms with Crippen molar-refractivity contribution in [3.05, 3.63) is 57.8 Å². The predicted molar refractivity (Wildman–Crippen MR) is 140 cm³/mol. The van der Waals surface area contributed by atoms with Crippen LogP contribution in [0, 0.1) is 5.92 Å². The van der Waals surface area contributed by atoms with E-state index in [1.807, 2.05) is 0 Å². The van der Waals surface area contributed by atoms with Crippen LogP contribution in [-0.2, 0) is 17.9 Å². The van der Waals surface area contributed by atoms with Crippen molar-refractivity contribution >= 4 is 47.2 Å². The summed E-state index contributed by atoms with van der Waals surface area (Å²) in [6.07, 6.45) is 1.93. The number of carbonyl (C=O) groups is 1. The summed E-state index contributed by atoms with van der Waals surface area (Å²) in [5.74, 6) is 0.623. The van der Waals surface area contributed by atoms with Gasteiger partial charge in [-0.25, -0.2) is 4.99 Å². The van der Waals surface area contributed by atoms with E-state index in [4.69, 9.17) is 10.7 Å². The third-order valence-electron chi connectivity index (χ3n) is 5.39. The number of carbonyl (C=O) groups excluding carboxylic acids is 1. The number of amides is 1. The first-order chi connectivity index (χ1) is 14.5. The number of rotatable bonds is 8. The fourth-order valence-electron chi connectivity index (χ4n) is 3.82. The molecule has 0 saturated carbocycles. The number of benzene rings is 1. The molecule has 4 N–H and O–H groups in total. The molecular formula is C23H34IN5OS. The van der Waals surface area contributed by atoms with Crippen LogP contribution in [0.2, 0.25) is 0 Å². The number of hydrogen-bond acceptors (Lipinski definition) is 4. The Morgan fingerprint density at radius 1 is 1.32 bits per heavy atom. The molecule has 0 bridgehead atoms. The van der Waals surface area contributed by atoms with E-state index < -0.39 is 0 Å². The molecular weight excluding hydrogens is 521 g/mol. The number of thiophene rings is 1. The number of likely N-dealkylation sites (tertiary alicyclic amines) is 1. The molecule has 1 aliphatic heterocycles. The molecule has 2 aromatic rings. The van der Waals surface area contributed by atoms with E-state index in [0.717, 1.165) is 45.0 Å². The van der Waals surface area contributed by atoms with Crippen molar-refractivity contribution < 1.29 is 4.79 Å². The summed E-state index contributed by atoms with van der Waals surface area (Å²) < 4.78 is 0. The summed E-state index contributed by atoms with van der Waals surface area (Å²) in [4.78, 5) is 19.9. The van der Waals surface area contributed by atoms with Crippen molar-refractivity contribution in [3.8, 4) is 0 Å². The normalized spacial score (nSPS) is 18.1. The highest BCUT2D eigenvalue weighted by molar-refractivity contribution is 14.0. The topological polar surface area (TPSA) is 82.8 Å². The number of nitrogens with zero attached hydrogens (tertiary/aromatic N) is 2. The van der Waals surface area contributed by atoms with Gasteiger partial charge in [-0.15, -0.1) is 35.3 Å². The van der Waals surface area contributed by atoms with Crippen LogP contribution in [0.3, 0.4) is 0 Å². The van der Waals surface area contributed by atoms with Crippen LogP contribution in [0.4, 0.5) is 0 Å². The molecule has 2 heterocycles. The zero-order valence-corrected chi connectivity index (χ0v) is 21.5. The second-order valence-corrected chi connectivity index (χ2v) is 8.85. The lowest BCUT2D eigenvalue weighted by Crippen LogP contribution is -2.40. The van der Waals surface area contributed by atoms with Crippen LogP contribution < -0.4 is 16.4 Å². The fraction of sp³-hybridized carbons (Fsp3) is 0.478. The molecule has 1 saturated heterocycles. The smallest absolute Gasteiger partial charge is 0.221 e. The Kier molecular flexibility index (Phi) is 10.8. The Morgan fingerprint density at radius 3 is 2.84 bits per heavy atom. The highest BCUT2D eigenvalue weighted by Gasteiger charge is 2.23. The Hall–Kier alpha value is -1.65. The van der Waals surface area contributed by atoms with Gasteiger partial charge in [-0.2, -0.15) is 0 Å². The van der Waals surface area contributed by atoms with E-state index in [2.05, 4.69) is 71.2 Å². The molecule has 1 aromatic carbocycles. The zero-order valence-electron chi connectivity index (χ0n) is 18.3. The molecule has 0 radical (unpaired) electrons. The first-order valence-corrected chi connectivity index (χ1v) is 11.6. The minimum Gasteiger partial charge on any atom is -0.369 e. The van der Waals surface area contributed by atoms with Crippen molar-refractivity contribution in [2.24, 2.45) is 16.6 Å². The minimum absolute atomic E-state index is 0. The number of nitrogens with two attached hydrogens (primary N) is 1. The lowest BCUT2D eigenvalue weighted by atomic mass is 9.97. The molecule has 1 amide bonds. The van der Waals surface area contributed by atoms with E-state index in [0.29, 0.717) is 6.54 Å². The fourth-order valence-corrected chi connectivity index (χ4v) is 4.55. The molecule has 0 spiro atoms. The first-order valence-electron chi connectivity index (χ1n) is 10.7. The summed E-state index contributed by atoms with van der Waals surface area (Å²) in [5.41, 5.74) is 7.94. The van der Waals surface area contributed by atoms with Gasteiger partial charge in [-0.1, -0.05) is 30.3 Å². The minimum atomic E-state index is -0.178. The number of nitrogens with one attached hydrogen (secondary N) is 2. The highest BCUT2D eigenvalue weighted by atomic mass is 127. The van der Waals surface area contributed by atoms with Crippen LogP contribution in [0.25, 0.3) is 0 Å². The second kappa shape index (κ2) is 13.0. The van der Waals surface area contributed by atoms with Crippen molar-refractivity contribution in [1.82, 2.24) is 15.5 Å². The average Bonchev–Trinajstić information content (AvgIpc) is 3.28. The number of piperidine rings is 1. The van der Waals surface area contributed by atoms with Gasteiger partial charge in [0.2, 0.25) is 5.91 Å². The summed E-state index contributed by atoms with van der Waals surface area (Å²) in [6, 6.07) is 13.0. The van der Waals surface area contributed by atoms with Crippen molar-refractivity contribution in [2.75, 3.05) is 19.6 Å². The van der Waals surface area contributed by atoms with Gasteiger partial charge in [0, 0.05) is 24.5 Å². The van der Waals surface area contributed by atoms with Gasteiger partial charge in [-0.05, 0) is 55.8 Å². The monoisotopic (exact) mass is 555 g/mol. The summed E-state index contributed by atoms with van der Waals surface area (Å²) in [6.45, 7) is 8.27. The van der Waals surface area contributed by atoms with E-state index >= 15 is 0 Å². The number of hydrogen-bond donors (Lipinski definition) is 3. The van der Waals surface area contributed by atoms with E-state index in [1.165, 1.54) is 16.0 Å². The maximum atomic E-state index is 11.5. The highest BCUT2D eigenvalue weighted by Crippen LogP contribution is 2.20. The molecule has 3 rings (SSSR count). The second-order valence-electron chi connectivity index (χ2n) is 7.87.